The van der Waals surface area contributed by atoms with Gasteiger partial charge in [-0.25, -0.2) is 0 Å². The number of hydrogen-bond acceptors (Lipinski definition) is 0. The first-order valence-electron chi connectivity index (χ1n) is 9.06. The molecule has 0 nitrogen and oxygen atoms in total. The second-order valence-electron chi connectivity index (χ2n) is 6.44. The van der Waals surface area contributed by atoms with Crippen molar-refractivity contribution in [1.29, 1.82) is 0 Å². The van der Waals surface area contributed by atoms with Gasteiger partial charge in [0, 0.05) is 10.0 Å². The predicted molar refractivity (Wildman–Crippen MR) is 108 cm³/mol. The fourth-order valence-electron chi connectivity index (χ4n) is 2.77. The molecule has 1 atom stereocenters. The Kier molecular flexibility index (Phi) is 16.1. The quantitative estimate of drug-likeness (QED) is 0.332. The van der Waals surface area contributed by atoms with Gasteiger partial charge in [-0.1, -0.05) is 86.4 Å². The summed E-state index contributed by atoms with van der Waals surface area (Å²) in [4.78, 5) is 0. The van der Waals surface area contributed by atoms with Crippen molar-refractivity contribution in [1.82, 2.24) is 0 Å². The molecule has 0 aliphatic rings. The minimum atomic E-state index is 0. The van der Waals surface area contributed by atoms with Crippen molar-refractivity contribution in [3.8, 4) is 0 Å². The summed E-state index contributed by atoms with van der Waals surface area (Å²) in [5.74, 6) is 2.66. The van der Waals surface area contributed by atoms with Crippen molar-refractivity contribution in [2.75, 3.05) is 12.0 Å². The van der Waals surface area contributed by atoms with E-state index < -0.39 is 0 Å². The maximum atomic E-state index is 3.50. The smallest absolute Gasteiger partial charge is 0.132 e. The number of rotatable bonds is 13. The van der Waals surface area contributed by atoms with E-state index >= 15 is 0 Å². The topological polar surface area (TPSA) is 0 Å². The molecule has 0 heterocycles. The molecule has 1 aromatic carbocycles. The normalized spacial score (nSPS) is 12.0. The first kappa shape index (κ1) is 23.3. The van der Waals surface area contributed by atoms with Crippen LogP contribution in [0.15, 0.2) is 28.7 Å². The highest BCUT2D eigenvalue weighted by atomic mass is 79.9. The summed E-state index contributed by atoms with van der Waals surface area (Å²) in [6.07, 6.45) is 16.8. The minimum Gasteiger partial charge on any atom is -1.00 e. The van der Waals surface area contributed by atoms with Gasteiger partial charge in [-0.3, -0.25) is 0 Å². The molecule has 0 aliphatic heterocycles. The lowest BCUT2D eigenvalue weighted by Crippen LogP contribution is -3.00. The van der Waals surface area contributed by atoms with E-state index in [1.807, 2.05) is 0 Å². The SMILES string of the molecule is CCCCCCCCCCCC[S+](C)Cc1ccc(Br)cc1.[Cl-]. The van der Waals surface area contributed by atoms with Gasteiger partial charge in [-0.15, -0.1) is 0 Å². The van der Waals surface area contributed by atoms with Gasteiger partial charge in [-0.2, -0.15) is 0 Å². The van der Waals surface area contributed by atoms with Crippen molar-refractivity contribution in [3.63, 3.8) is 0 Å². The van der Waals surface area contributed by atoms with Crippen LogP contribution in [0, 0.1) is 0 Å². The molecule has 0 saturated carbocycles. The van der Waals surface area contributed by atoms with Crippen LogP contribution in [0.2, 0.25) is 0 Å². The Balaban J connectivity index is 0.00000484. The molecule has 0 spiro atoms. The van der Waals surface area contributed by atoms with Crippen LogP contribution in [0.5, 0.6) is 0 Å². The first-order chi connectivity index (χ1) is 10.7. The van der Waals surface area contributed by atoms with Crippen LogP contribution >= 0.6 is 15.9 Å². The van der Waals surface area contributed by atoms with E-state index in [1.165, 1.54) is 85.8 Å². The average molecular weight is 422 g/mol. The fourth-order valence-corrected chi connectivity index (χ4v) is 4.64. The number of benzene rings is 1. The number of hydrogen-bond donors (Lipinski definition) is 0. The molecule has 1 rings (SSSR count). The van der Waals surface area contributed by atoms with E-state index in [0.29, 0.717) is 10.9 Å². The summed E-state index contributed by atoms with van der Waals surface area (Å²) in [5.41, 5.74) is 1.49. The lowest BCUT2D eigenvalue weighted by Gasteiger charge is -2.05. The Morgan fingerprint density at radius 2 is 1.26 bits per heavy atom. The molecule has 0 radical (unpaired) electrons. The van der Waals surface area contributed by atoms with Crippen LogP contribution < -0.4 is 12.4 Å². The molecular weight excluding hydrogens is 388 g/mol. The highest BCUT2D eigenvalue weighted by molar-refractivity contribution is 9.10. The van der Waals surface area contributed by atoms with Crippen molar-refractivity contribution in [2.24, 2.45) is 0 Å². The van der Waals surface area contributed by atoms with Crippen LogP contribution in [-0.2, 0) is 16.6 Å². The third-order valence-electron chi connectivity index (χ3n) is 4.17. The highest BCUT2D eigenvalue weighted by Gasteiger charge is 2.11. The molecule has 0 aliphatic carbocycles. The molecule has 1 unspecified atom stereocenters. The zero-order valence-corrected chi connectivity index (χ0v) is 18.1. The second-order valence-corrected chi connectivity index (χ2v) is 9.61. The van der Waals surface area contributed by atoms with Crippen molar-refractivity contribution < 1.29 is 12.4 Å². The summed E-state index contributed by atoms with van der Waals surface area (Å²) in [6, 6.07) is 8.83. The van der Waals surface area contributed by atoms with Crippen molar-refractivity contribution in [3.05, 3.63) is 34.3 Å². The third kappa shape index (κ3) is 13.3. The standard InChI is InChI=1S/C20H34BrS.ClH/c1-3-4-5-6-7-8-9-10-11-12-17-22(2)18-19-13-15-20(21)16-14-19;/h13-16H,3-12,17-18H2,1-2H3;1H/q+1;/p-1. The number of halogens is 2. The second kappa shape index (κ2) is 15.8. The molecular formula is C20H34BrClS. The van der Waals surface area contributed by atoms with Gasteiger partial charge in [0.25, 0.3) is 0 Å². The highest BCUT2D eigenvalue weighted by Crippen LogP contribution is 2.15. The minimum absolute atomic E-state index is 0. The summed E-state index contributed by atoms with van der Waals surface area (Å²) < 4.78 is 1.18. The van der Waals surface area contributed by atoms with Crippen LogP contribution in [-0.4, -0.2) is 12.0 Å². The van der Waals surface area contributed by atoms with Crippen LogP contribution in [0.25, 0.3) is 0 Å². The Morgan fingerprint density at radius 1 is 0.783 bits per heavy atom. The average Bonchev–Trinajstić information content (AvgIpc) is 2.51. The monoisotopic (exact) mass is 420 g/mol. The molecule has 0 fully saturated rings. The third-order valence-corrected chi connectivity index (χ3v) is 6.51. The van der Waals surface area contributed by atoms with E-state index in [2.05, 4.69) is 53.4 Å². The van der Waals surface area contributed by atoms with Crippen molar-refractivity contribution in [2.45, 2.75) is 76.9 Å². The maximum Gasteiger partial charge on any atom is 0.132 e. The van der Waals surface area contributed by atoms with Gasteiger partial charge < -0.3 is 12.4 Å². The van der Waals surface area contributed by atoms with Gasteiger partial charge in [0.05, 0.1) is 6.26 Å². The molecule has 134 valence electrons. The van der Waals surface area contributed by atoms with E-state index in [0.717, 1.165) is 0 Å². The zero-order chi connectivity index (χ0) is 16.0. The van der Waals surface area contributed by atoms with Crippen LogP contribution in [0.3, 0.4) is 0 Å². The molecule has 0 N–H and O–H groups in total. The lowest BCUT2D eigenvalue weighted by atomic mass is 10.1. The molecule has 1 aromatic rings. The van der Waals surface area contributed by atoms with Gasteiger partial charge >= 0.3 is 0 Å². The van der Waals surface area contributed by atoms with E-state index in [-0.39, 0.29) is 12.4 Å². The Bertz CT molecular complexity index is 366. The molecule has 23 heavy (non-hydrogen) atoms. The van der Waals surface area contributed by atoms with E-state index in [9.17, 15) is 0 Å². The summed E-state index contributed by atoms with van der Waals surface area (Å²) in [5, 5.41) is 0. The largest absolute Gasteiger partial charge is 1.00 e. The van der Waals surface area contributed by atoms with Gasteiger partial charge in [0.2, 0.25) is 0 Å². The van der Waals surface area contributed by atoms with Gasteiger partial charge in [0.1, 0.15) is 11.5 Å². The summed E-state index contributed by atoms with van der Waals surface area (Å²) in [7, 11) is 0.544. The predicted octanol–water partition coefficient (Wildman–Crippen LogP) is 4.12. The van der Waals surface area contributed by atoms with Gasteiger partial charge in [0.15, 0.2) is 0 Å². The molecule has 0 amide bonds. The Labute approximate surface area is 162 Å². The van der Waals surface area contributed by atoms with Gasteiger partial charge in [-0.05, 0) is 35.9 Å². The Morgan fingerprint density at radius 3 is 1.78 bits per heavy atom. The molecule has 0 aromatic heterocycles. The first-order valence-corrected chi connectivity index (χ1v) is 11.8. The Hall–Kier alpha value is 0.340. The van der Waals surface area contributed by atoms with E-state index in [1.54, 1.807) is 0 Å². The summed E-state index contributed by atoms with van der Waals surface area (Å²) in [6.45, 7) is 2.29. The van der Waals surface area contributed by atoms with Crippen molar-refractivity contribution >= 4 is 26.8 Å². The zero-order valence-electron chi connectivity index (χ0n) is 15.0. The van der Waals surface area contributed by atoms with Crippen LogP contribution in [0.1, 0.15) is 76.7 Å². The van der Waals surface area contributed by atoms with Crippen LogP contribution in [0.4, 0.5) is 0 Å². The molecule has 0 saturated heterocycles. The summed E-state index contributed by atoms with van der Waals surface area (Å²) >= 11 is 3.50. The fraction of sp³-hybridized carbons (Fsp3) is 0.700. The molecule has 3 heteroatoms. The van der Waals surface area contributed by atoms with E-state index in [4.69, 9.17) is 0 Å². The number of unbranched alkanes of at least 4 members (excludes halogenated alkanes) is 9. The maximum absolute atomic E-state index is 3.50. The lowest BCUT2D eigenvalue weighted by molar-refractivity contribution is -0.00000471. The molecule has 0 bridgehead atoms.